The van der Waals surface area contributed by atoms with E-state index in [9.17, 15) is 4.79 Å². The number of anilines is 2. The quantitative estimate of drug-likeness (QED) is 0.314. The van der Waals surface area contributed by atoms with Gasteiger partial charge in [0, 0.05) is 36.6 Å². The predicted molar refractivity (Wildman–Crippen MR) is 152 cm³/mol. The summed E-state index contributed by atoms with van der Waals surface area (Å²) in [5.74, 6) is 0.263. The smallest absolute Gasteiger partial charge is 0.250 e. The fourth-order valence-electron chi connectivity index (χ4n) is 4.84. The van der Waals surface area contributed by atoms with Gasteiger partial charge < -0.3 is 29.6 Å². The SMILES string of the molecule is COCC(=O)Nc1cc(N2C(=S)N[C@@H](c3ccccn3)[C@@H]2c2cccn2-c2cccc(C)c2)ccc1OC. The molecule has 8 nitrogen and oxygen atoms in total. The van der Waals surface area contributed by atoms with Crippen molar-refractivity contribution in [3.8, 4) is 11.4 Å². The van der Waals surface area contributed by atoms with Crippen LogP contribution in [0.4, 0.5) is 11.4 Å². The Balaban J connectivity index is 1.63. The largest absolute Gasteiger partial charge is 0.495 e. The lowest BCUT2D eigenvalue weighted by atomic mass is 10.0. The molecule has 4 aromatic rings. The molecule has 2 N–H and O–H groups in total. The number of aryl methyl sites for hydroxylation is 1. The van der Waals surface area contributed by atoms with Gasteiger partial charge in [-0.15, -0.1) is 0 Å². The summed E-state index contributed by atoms with van der Waals surface area (Å²) in [6.45, 7) is 2.02. The monoisotopic (exact) mass is 527 g/mol. The third-order valence-corrected chi connectivity index (χ3v) is 6.79. The van der Waals surface area contributed by atoms with Crippen molar-refractivity contribution in [2.75, 3.05) is 31.0 Å². The minimum absolute atomic E-state index is 0.0640. The average Bonchev–Trinajstić information content (AvgIpc) is 3.53. The summed E-state index contributed by atoms with van der Waals surface area (Å²) < 4.78 is 12.7. The minimum atomic E-state index is -0.277. The van der Waals surface area contributed by atoms with Gasteiger partial charge >= 0.3 is 0 Å². The molecule has 1 aliphatic rings. The molecule has 0 saturated carbocycles. The Kier molecular flexibility index (Phi) is 7.39. The Morgan fingerprint density at radius 3 is 2.66 bits per heavy atom. The molecule has 2 atom stereocenters. The number of amides is 1. The Morgan fingerprint density at radius 1 is 1.05 bits per heavy atom. The Morgan fingerprint density at radius 2 is 1.92 bits per heavy atom. The lowest BCUT2D eigenvalue weighted by molar-refractivity contribution is -0.119. The fourth-order valence-corrected chi connectivity index (χ4v) is 5.19. The number of nitrogens with one attached hydrogen (secondary N) is 2. The van der Waals surface area contributed by atoms with E-state index in [1.165, 1.54) is 12.7 Å². The molecule has 9 heteroatoms. The Labute approximate surface area is 227 Å². The van der Waals surface area contributed by atoms with Crippen molar-refractivity contribution in [1.82, 2.24) is 14.9 Å². The second-order valence-corrected chi connectivity index (χ2v) is 9.39. The van der Waals surface area contributed by atoms with Crippen LogP contribution in [0.5, 0.6) is 5.75 Å². The molecule has 1 saturated heterocycles. The van der Waals surface area contributed by atoms with Crippen LogP contribution in [-0.4, -0.2) is 41.4 Å². The first-order valence-corrected chi connectivity index (χ1v) is 12.6. The number of pyridine rings is 1. The zero-order chi connectivity index (χ0) is 26.6. The molecule has 3 heterocycles. The van der Waals surface area contributed by atoms with E-state index in [4.69, 9.17) is 21.7 Å². The van der Waals surface area contributed by atoms with Gasteiger partial charge in [-0.1, -0.05) is 18.2 Å². The maximum Gasteiger partial charge on any atom is 0.250 e. The van der Waals surface area contributed by atoms with Gasteiger partial charge in [0.2, 0.25) is 5.91 Å². The zero-order valence-corrected chi connectivity index (χ0v) is 22.2. The summed E-state index contributed by atoms with van der Waals surface area (Å²) in [7, 11) is 3.05. The second kappa shape index (κ2) is 11.0. The van der Waals surface area contributed by atoms with Crippen LogP contribution in [-0.2, 0) is 9.53 Å². The number of methoxy groups -OCH3 is 2. The highest BCUT2D eigenvalue weighted by atomic mass is 32.1. The minimum Gasteiger partial charge on any atom is -0.495 e. The lowest BCUT2D eigenvalue weighted by Crippen LogP contribution is -2.30. The molecule has 0 unspecified atom stereocenters. The fraction of sp³-hybridized carbons (Fsp3) is 0.207. The third-order valence-electron chi connectivity index (χ3n) is 6.47. The second-order valence-electron chi connectivity index (χ2n) is 9.00. The molecular weight excluding hydrogens is 498 g/mol. The van der Waals surface area contributed by atoms with E-state index in [2.05, 4.69) is 68.5 Å². The van der Waals surface area contributed by atoms with Crippen LogP contribution in [0.15, 0.2) is 85.2 Å². The van der Waals surface area contributed by atoms with Gasteiger partial charge in [0.15, 0.2) is 5.11 Å². The van der Waals surface area contributed by atoms with Crippen molar-refractivity contribution in [3.05, 3.63) is 102 Å². The average molecular weight is 528 g/mol. The van der Waals surface area contributed by atoms with Crippen molar-refractivity contribution < 1.29 is 14.3 Å². The van der Waals surface area contributed by atoms with Gasteiger partial charge in [-0.05, 0) is 79.3 Å². The Bertz CT molecular complexity index is 1460. The van der Waals surface area contributed by atoms with Crippen LogP contribution in [0.25, 0.3) is 5.69 Å². The number of hydrogen-bond donors (Lipinski definition) is 2. The number of benzene rings is 2. The first-order valence-electron chi connectivity index (χ1n) is 12.2. The van der Waals surface area contributed by atoms with Gasteiger partial charge in [0.05, 0.1) is 24.5 Å². The Hall–Kier alpha value is -4.21. The predicted octanol–water partition coefficient (Wildman–Crippen LogP) is 4.95. The highest BCUT2D eigenvalue weighted by Crippen LogP contribution is 2.43. The van der Waals surface area contributed by atoms with Crippen molar-refractivity contribution in [2.45, 2.75) is 19.0 Å². The number of rotatable bonds is 8. The molecule has 2 aromatic carbocycles. The number of thiocarbonyl (C=S) groups is 1. The number of hydrogen-bond acceptors (Lipinski definition) is 5. The van der Waals surface area contributed by atoms with Gasteiger partial charge in [-0.25, -0.2) is 0 Å². The molecule has 1 amide bonds. The molecule has 1 aliphatic heterocycles. The van der Waals surface area contributed by atoms with E-state index < -0.39 is 0 Å². The molecule has 194 valence electrons. The molecule has 0 aliphatic carbocycles. The first kappa shape index (κ1) is 25.4. The lowest BCUT2D eigenvalue weighted by Gasteiger charge is -2.29. The zero-order valence-electron chi connectivity index (χ0n) is 21.4. The van der Waals surface area contributed by atoms with Gasteiger partial charge in [-0.2, -0.15) is 0 Å². The van der Waals surface area contributed by atoms with E-state index in [1.54, 1.807) is 13.3 Å². The first-order chi connectivity index (χ1) is 18.5. The summed E-state index contributed by atoms with van der Waals surface area (Å²) in [4.78, 5) is 19.1. The molecule has 1 fully saturated rings. The number of ether oxygens (including phenoxy) is 2. The molecule has 2 aromatic heterocycles. The molecule has 0 spiro atoms. The van der Waals surface area contributed by atoms with Gasteiger partial charge in [0.25, 0.3) is 0 Å². The molecule has 0 bridgehead atoms. The van der Waals surface area contributed by atoms with E-state index in [-0.39, 0.29) is 24.6 Å². The van der Waals surface area contributed by atoms with Gasteiger partial charge in [0.1, 0.15) is 18.4 Å². The van der Waals surface area contributed by atoms with Crippen molar-refractivity contribution in [3.63, 3.8) is 0 Å². The van der Waals surface area contributed by atoms with Crippen LogP contribution in [0.1, 0.15) is 29.0 Å². The standard InChI is InChI=1S/C29H29N5O3S/c1-19-8-6-9-20(16-19)33-15-7-11-24(33)28-27(22-10-4-5-14-30-22)32-29(38)34(28)21-12-13-25(37-3)23(17-21)31-26(35)18-36-2/h4-17,27-28H,18H2,1-3H3,(H,31,35)(H,32,38)/t27-,28-/m0/s1. The van der Waals surface area contributed by atoms with Crippen molar-refractivity contribution in [1.29, 1.82) is 0 Å². The summed E-state index contributed by atoms with van der Waals surface area (Å²) in [5.41, 5.74) is 5.48. The molecule has 38 heavy (non-hydrogen) atoms. The van der Waals surface area contributed by atoms with E-state index >= 15 is 0 Å². The van der Waals surface area contributed by atoms with Crippen LogP contribution >= 0.6 is 12.2 Å². The topological polar surface area (TPSA) is 80.7 Å². The highest BCUT2D eigenvalue weighted by molar-refractivity contribution is 7.80. The van der Waals surface area contributed by atoms with Crippen LogP contribution in [0.2, 0.25) is 0 Å². The van der Waals surface area contributed by atoms with E-state index in [1.807, 2.05) is 42.5 Å². The van der Waals surface area contributed by atoms with E-state index in [0.717, 1.165) is 22.8 Å². The van der Waals surface area contributed by atoms with Crippen LogP contribution in [0, 0.1) is 6.92 Å². The summed E-state index contributed by atoms with van der Waals surface area (Å²) in [6.07, 6.45) is 3.85. The van der Waals surface area contributed by atoms with Gasteiger partial charge in [-0.3, -0.25) is 9.78 Å². The maximum absolute atomic E-state index is 12.3. The summed E-state index contributed by atoms with van der Waals surface area (Å²) in [5, 5.41) is 6.94. The van der Waals surface area contributed by atoms with Crippen molar-refractivity contribution in [2.24, 2.45) is 0 Å². The summed E-state index contributed by atoms with van der Waals surface area (Å²) >= 11 is 5.90. The molecule has 0 radical (unpaired) electrons. The van der Waals surface area contributed by atoms with Crippen LogP contribution < -0.4 is 20.3 Å². The number of carbonyl (C=O) groups excluding carboxylic acids is 1. The number of aromatic nitrogens is 2. The number of carbonyl (C=O) groups is 1. The molecule has 5 rings (SSSR count). The maximum atomic E-state index is 12.3. The third kappa shape index (κ3) is 4.98. The highest BCUT2D eigenvalue weighted by Gasteiger charge is 2.42. The normalized spacial score (nSPS) is 16.8. The summed E-state index contributed by atoms with van der Waals surface area (Å²) in [6, 6.07) is 23.6. The van der Waals surface area contributed by atoms with E-state index in [0.29, 0.717) is 16.5 Å². The van der Waals surface area contributed by atoms with Crippen molar-refractivity contribution >= 4 is 34.6 Å². The number of nitrogens with zero attached hydrogens (tertiary/aromatic N) is 3. The van der Waals surface area contributed by atoms with Crippen LogP contribution in [0.3, 0.4) is 0 Å². The molecular formula is C29H29N5O3S.